The third-order valence-electron chi connectivity index (χ3n) is 2.91. The highest BCUT2D eigenvalue weighted by Crippen LogP contribution is 2.19. The van der Waals surface area contributed by atoms with E-state index in [1.807, 2.05) is 6.92 Å². The van der Waals surface area contributed by atoms with E-state index < -0.39 is 0 Å². The summed E-state index contributed by atoms with van der Waals surface area (Å²) in [6.45, 7) is 4.19. The van der Waals surface area contributed by atoms with Gasteiger partial charge in [-0.25, -0.2) is 4.98 Å². The Balaban J connectivity index is 1.94. The molecule has 5 nitrogen and oxygen atoms in total. The van der Waals surface area contributed by atoms with Crippen LogP contribution in [0.3, 0.4) is 0 Å². The minimum absolute atomic E-state index is 0.506. The molecule has 1 saturated heterocycles. The number of hydrogen-bond donors (Lipinski definition) is 3. The molecule has 1 aliphatic rings. The first-order chi connectivity index (χ1) is 7.15. The van der Waals surface area contributed by atoms with E-state index in [0.29, 0.717) is 11.9 Å². The predicted molar refractivity (Wildman–Crippen MR) is 61.9 cm³/mol. The molecule has 2 heterocycles. The number of aromatic amines is 1. The Morgan fingerprint density at radius 3 is 2.67 bits per heavy atom. The van der Waals surface area contributed by atoms with Gasteiger partial charge in [0, 0.05) is 6.04 Å². The number of likely N-dealkylation sites (tertiary alicyclic amines) is 1. The second-order valence-electron chi connectivity index (χ2n) is 4.31. The van der Waals surface area contributed by atoms with Crippen molar-refractivity contribution in [3.05, 3.63) is 5.82 Å². The van der Waals surface area contributed by atoms with Crippen molar-refractivity contribution in [3.63, 3.8) is 0 Å². The minimum Gasteiger partial charge on any atom is -0.382 e. The molecule has 1 aromatic heterocycles. The number of nitrogens with zero attached hydrogens (tertiary/aromatic N) is 2. The highest BCUT2D eigenvalue weighted by molar-refractivity contribution is 5.57. The number of hydrogen-bond acceptors (Lipinski definition) is 4. The molecule has 0 unspecified atom stereocenters. The maximum atomic E-state index is 5.79. The average molecular weight is 209 g/mol. The van der Waals surface area contributed by atoms with E-state index >= 15 is 0 Å². The minimum atomic E-state index is 0.506. The molecular weight excluding hydrogens is 190 g/mol. The lowest BCUT2D eigenvalue weighted by Crippen LogP contribution is -2.36. The Morgan fingerprint density at radius 1 is 1.47 bits per heavy atom. The zero-order valence-corrected chi connectivity index (χ0v) is 9.38. The molecule has 1 aromatic rings. The fraction of sp³-hybridized carbons (Fsp3) is 0.700. The van der Waals surface area contributed by atoms with Crippen molar-refractivity contribution in [1.29, 1.82) is 0 Å². The number of rotatable bonds is 2. The molecule has 4 N–H and O–H groups in total. The molecule has 1 aliphatic heterocycles. The molecule has 0 bridgehead atoms. The fourth-order valence-electron chi connectivity index (χ4n) is 1.97. The first-order valence-corrected chi connectivity index (χ1v) is 5.42. The molecule has 0 aliphatic carbocycles. The van der Waals surface area contributed by atoms with Crippen LogP contribution >= 0.6 is 0 Å². The summed E-state index contributed by atoms with van der Waals surface area (Å²) in [6.07, 6.45) is 2.31. The van der Waals surface area contributed by atoms with Gasteiger partial charge in [-0.05, 0) is 39.9 Å². The maximum Gasteiger partial charge on any atom is 0.168 e. The number of imidazole rings is 1. The van der Waals surface area contributed by atoms with Crippen molar-refractivity contribution in [2.75, 3.05) is 31.2 Å². The summed E-state index contributed by atoms with van der Waals surface area (Å²) in [4.78, 5) is 9.66. The summed E-state index contributed by atoms with van der Waals surface area (Å²) in [5.74, 6) is 2.32. The number of aryl methyl sites for hydroxylation is 1. The third kappa shape index (κ3) is 2.41. The Kier molecular flexibility index (Phi) is 2.81. The smallest absolute Gasteiger partial charge is 0.168 e. The molecule has 15 heavy (non-hydrogen) atoms. The highest BCUT2D eigenvalue weighted by Gasteiger charge is 2.18. The number of nitrogen functional groups attached to an aromatic ring is 1. The molecule has 0 radical (unpaired) electrons. The SMILES string of the molecule is Cc1nc(NC2CCN(C)CC2)c(N)[nH]1. The first-order valence-electron chi connectivity index (χ1n) is 5.42. The molecular formula is C10H19N5. The average Bonchev–Trinajstić information content (AvgIpc) is 2.49. The lowest BCUT2D eigenvalue weighted by molar-refractivity contribution is 0.263. The molecule has 0 saturated carbocycles. The quantitative estimate of drug-likeness (QED) is 0.674. The summed E-state index contributed by atoms with van der Waals surface area (Å²) in [5.41, 5.74) is 5.79. The van der Waals surface area contributed by atoms with E-state index in [2.05, 4.69) is 27.2 Å². The molecule has 84 valence electrons. The summed E-state index contributed by atoms with van der Waals surface area (Å²) in [6, 6.07) is 0.506. The zero-order chi connectivity index (χ0) is 10.8. The van der Waals surface area contributed by atoms with Crippen molar-refractivity contribution in [2.24, 2.45) is 0 Å². The van der Waals surface area contributed by atoms with Gasteiger partial charge in [0.2, 0.25) is 0 Å². The van der Waals surface area contributed by atoms with Crippen LogP contribution in [0.25, 0.3) is 0 Å². The molecule has 0 spiro atoms. The van der Waals surface area contributed by atoms with Crippen LogP contribution in [-0.4, -0.2) is 41.0 Å². The number of anilines is 2. The van der Waals surface area contributed by atoms with E-state index in [4.69, 9.17) is 5.73 Å². The number of piperidine rings is 1. The van der Waals surface area contributed by atoms with E-state index in [9.17, 15) is 0 Å². The molecule has 1 fully saturated rings. The van der Waals surface area contributed by atoms with Gasteiger partial charge >= 0.3 is 0 Å². The molecule has 0 amide bonds. The van der Waals surface area contributed by atoms with Crippen molar-refractivity contribution in [1.82, 2.24) is 14.9 Å². The van der Waals surface area contributed by atoms with Crippen molar-refractivity contribution >= 4 is 11.6 Å². The third-order valence-corrected chi connectivity index (χ3v) is 2.91. The van der Waals surface area contributed by atoms with Gasteiger partial charge in [-0.15, -0.1) is 0 Å². The van der Waals surface area contributed by atoms with Crippen LogP contribution in [0.5, 0.6) is 0 Å². The van der Waals surface area contributed by atoms with E-state index in [-0.39, 0.29) is 0 Å². The van der Waals surface area contributed by atoms with Crippen molar-refractivity contribution in [3.8, 4) is 0 Å². The number of nitrogens with two attached hydrogens (primary N) is 1. The summed E-state index contributed by atoms with van der Waals surface area (Å²) < 4.78 is 0. The molecule has 2 rings (SSSR count). The van der Waals surface area contributed by atoms with E-state index in [0.717, 1.165) is 37.6 Å². The second-order valence-corrected chi connectivity index (χ2v) is 4.31. The number of H-pyrrole nitrogens is 1. The lowest BCUT2D eigenvalue weighted by atomic mass is 10.1. The Bertz CT molecular complexity index is 325. The van der Waals surface area contributed by atoms with Crippen LogP contribution in [0.15, 0.2) is 0 Å². The van der Waals surface area contributed by atoms with Gasteiger partial charge in [0.25, 0.3) is 0 Å². The van der Waals surface area contributed by atoms with Crippen molar-refractivity contribution in [2.45, 2.75) is 25.8 Å². The fourth-order valence-corrected chi connectivity index (χ4v) is 1.97. The number of nitrogens with one attached hydrogen (secondary N) is 2. The standard InChI is InChI=1S/C10H19N5/c1-7-12-9(11)10(13-7)14-8-3-5-15(2)6-4-8/h8,14H,3-6,11H2,1-2H3,(H,12,13). The van der Waals surface area contributed by atoms with Crippen molar-refractivity contribution < 1.29 is 0 Å². The molecule has 0 atom stereocenters. The monoisotopic (exact) mass is 209 g/mol. The van der Waals surface area contributed by atoms with Crippen LogP contribution in [-0.2, 0) is 0 Å². The predicted octanol–water partition coefficient (Wildman–Crippen LogP) is 0.806. The zero-order valence-electron chi connectivity index (χ0n) is 9.38. The summed E-state index contributed by atoms with van der Waals surface area (Å²) in [5, 5.41) is 3.40. The normalized spacial score (nSPS) is 19.3. The van der Waals surface area contributed by atoms with Crippen LogP contribution in [0, 0.1) is 6.92 Å². The Morgan fingerprint density at radius 2 is 2.13 bits per heavy atom. The Hall–Kier alpha value is -1.23. The first kappa shape index (κ1) is 10.3. The van der Waals surface area contributed by atoms with Crippen LogP contribution in [0.2, 0.25) is 0 Å². The molecule has 0 aromatic carbocycles. The Labute approximate surface area is 90.1 Å². The largest absolute Gasteiger partial charge is 0.382 e. The summed E-state index contributed by atoms with van der Waals surface area (Å²) in [7, 11) is 2.16. The van der Waals surface area contributed by atoms with Gasteiger partial charge in [0.1, 0.15) is 11.6 Å². The van der Waals surface area contributed by atoms with E-state index in [1.165, 1.54) is 0 Å². The summed E-state index contributed by atoms with van der Waals surface area (Å²) >= 11 is 0. The van der Waals surface area contributed by atoms with Gasteiger partial charge in [-0.2, -0.15) is 0 Å². The maximum absolute atomic E-state index is 5.79. The molecule has 5 heteroatoms. The van der Waals surface area contributed by atoms with Crippen LogP contribution < -0.4 is 11.1 Å². The second kappa shape index (κ2) is 4.10. The van der Waals surface area contributed by atoms with Gasteiger partial charge in [0.15, 0.2) is 5.82 Å². The highest BCUT2D eigenvalue weighted by atomic mass is 15.2. The van der Waals surface area contributed by atoms with Crippen LogP contribution in [0.1, 0.15) is 18.7 Å². The van der Waals surface area contributed by atoms with E-state index in [1.54, 1.807) is 0 Å². The van der Waals surface area contributed by atoms with Gasteiger partial charge in [0.05, 0.1) is 0 Å². The van der Waals surface area contributed by atoms with Gasteiger partial charge in [-0.1, -0.05) is 0 Å². The lowest BCUT2D eigenvalue weighted by Gasteiger charge is -2.29. The van der Waals surface area contributed by atoms with Gasteiger partial charge < -0.3 is 20.9 Å². The topological polar surface area (TPSA) is 70.0 Å². The van der Waals surface area contributed by atoms with Gasteiger partial charge in [-0.3, -0.25) is 0 Å². The van der Waals surface area contributed by atoms with Crippen LogP contribution in [0.4, 0.5) is 11.6 Å². The number of aromatic nitrogens is 2.